The van der Waals surface area contributed by atoms with Crippen molar-refractivity contribution in [3.8, 4) is 0 Å². The van der Waals surface area contributed by atoms with Gasteiger partial charge in [0.2, 0.25) is 0 Å². The standard InChI is InChI=1S/C10H10F3NO2/c1-4(2)16-10(15)7-8(13)5(11)3-6(12)9(7)14/h3-4H,14H2,1-2H3. The van der Waals surface area contributed by atoms with E-state index >= 15 is 0 Å². The quantitative estimate of drug-likeness (QED) is 0.484. The molecular formula is C10H10F3NO2. The Balaban J connectivity index is 3.27. The highest BCUT2D eigenvalue weighted by Gasteiger charge is 2.24. The molecule has 3 nitrogen and oxygen atoms in total. The minimum atomic E-state index is -1.51. The van der Waals surface area contributed by atoms with Crippen LogP contribution in [0.2, 0.25) is 0 Å². The van der Waals surface area contributed by atoms with Crippen molar-refractivity contribution < 1.29 is 22.7 Å². The zero-order valence-electron chi connectivity index (χ0n) is 8.68. The van der Waals surface area contributed by atoms with Crippen LogP contribution in [0.4, 0.5) is 18.9 Å². The van der Waals surface area contributed by atoms with Gasteiger partial charge in [-0.3, -0.25) is 0 Å². The van der Waals surface area contributed by atoms with Gasteiger partial charge in [0, 0.05) is 6.07 Å². The zero-order chi connectivity index (χ0) is 12.5. The van der Waals surface area contributed by atoms with Crippen LogP contribution in [0.15, 0.2) is 6.07 Å². The van der Waals surface area contributed by atoms with Gasteiger partial charge < -0.3 is 10.5 Å². The summed E-state index contributed by atoms with van der Waals surface area (Å²) in [6, 6.07) is 0.275. The Morgan fingerprint density at radius 1 is 1.31 bits per heavy atom. The number of nitrogens with two attached hydrogens (primary N) is 1. The summed E-state index contributed by atoms with van der Waals surface area (Å²) in [5.41, 5.74) is 3.48. The number of nitrogen functional groups attached to an aromatic ring is 1. The summed E-state index contributed by atoms with van der Waals surface area (Å²) in [6.07, 6.45) is -0.544. The van der Waals surface area contributed by atoms with Crippen LogP contribution in [0.5, 0.6) is 0 Å². The van der Waals surface area contributed by atoms with E-state index in [1.54, 1.807) is 0 Å². The molecule has 16 heavy (non-hydrogen) atoms. The number of esters is 1. The second-order valence-electron chi connectivity index (χ2n) is 3.40. The van der Waals surface area contributed by atoms with E-state index in [0.29, 0.717) is 0 Å². The molecule has 0 radical (unpaired) electrons. The fraction of sp³-hybridized carbons (Fsp3) is 0.300. The van der Waals surface area contributed by atoms with Gasteiger partial charge in [-0.1, -0.05) is 0 Å². The van der Waals surface area contributed by atoms with Crippen LogP contribution in [0, 0.1) is 17.5 Å². The van der Waals surface area contributed by atoms with Gasteiger partial charge in [0.1, 0.15) is 11.4 Å². The molecule has 0 fully saturated rings. The highest BCUT2D eigenvalue weighted by atomic mass is 19.2. The summed E-state index contributed by atoms with van der Waals surface area (Å²) in [5, 5.41) is 0. The maximum Gasteiger partial charge on any atom is 0.343 e. The Bertz CT molecular complexity index is 406. The van der Waals surface area contributed by atoms with Gasteiger partial charge in [0.25, 0.3) is 0 Å². The number of halogens is 3. The fourth-order valence-electron chi connectivity index (χ4n) is 1.08. The topological polar surface area (TPSA) is 52.3 Å². The molecule has 0 atom stereocenters. The van der Waals surface area contributed by atoms with E-state index in [2.05, 4.69) is 4.74 Å². The van der Waals surface area contributed by atoms with E-state index in [0.717, 1.165) is 0 Å². The molecule has 1 aromatic rings. The van der Waals surface area contributed by atoms with Crippen molar-refractivity contribution in [2.75, 3.05) is 5.73 Å². The van der Waals surface area contributed by atoms with E-state index < -0.39 is 40.8 Å². The maximum absolute atomic E-state index is 13.2. The Morgan fingerprint density at radius 2 is 1.88 bits per heavy atom. The van der Waals surface area contributed by atoms with Gasteiger partial charge in [-0.25, -0.2) is 18.0 Å². The van der Waals surface area contributed by atoms with E-state index in [4.69, 9.17) is 5.73 Å². The van der Waals surface area contributed by atoms with Crippen molar-refractivity contribution in [1.29, 1.82) is 0 Å². The highest BCUT2D eigenvalue weighted by molar-refractivity contribution is 5.95. The third-order valence-corrected chi connectivity index (χ3v) is 1.76. The summed E-state index contributed by atoms with van der Waals surface area (Å²) in [5.74, 6) is -5.38. The maximum atomic E-state index is 13.2. The molecule has 0 aliphatic heterocycles. The molecule has 0 bridgehead atoms. The SMILES string of the molecule is CC(C)OC(=O)c1c(N)c(F)cc(F)c1F. The first-order valence-electron chi connectivity index (χ1n) is 4.48. The molecule has 2 N–H and O–H groups in total. The highest BCUT2D eigenvalue weighted by Crippen LogP contribution is 2.23. The molecule has 1 rings (SSSR count). The van der Waals surface area contributed by atoms with Crippen LogP contribution in [0.25, 0.3) is 0 Å². The first kappa shape index (κ1) is 12.4. The number of carbonyl (C=O) groups excluding carboxylic acids is 1. The van der Waals surface area contributed by atoms with Crippen molar-refractivity contribution in [3.05, 3.63) is 29.1 Å². The molecule has 1 aromatic carbocycles. The Kier molecular flexibility index (Phi) is 3.41. The Morgan fingerprint density at radius 3 is 2.38 bits per heavy atom. The monoisotopic (exact) mass is 233 g/mol. The number of carbonyl (C=O) groups is 1. The van der Waals surface area contributed by atoms with E-state index in [1.165, 1.54) is 13.8 Å². The van der Waals surface area contributed by atoms with Crippen molar-refractivity contribution >= 4 is 11.7 Å². The summed E-state index contributed by atoms with van der Waals surface area (Å²) in [6.45, 7) is 3.03. The molecule has 0 aromatic heterocycles. The average Bonchev–Trinajstić information content (AvgIpc) is 2.14. The van der Waals surface area contributed by atoms with Gasteiger partial charge in [0.15, 0.2) is 11.6 Å². The third kappa shape index (κ3) is 2.26. The number of benzene rings is 1. The molecule has 0 saturated carbocycles. The van der Waals surface area contributed by atoms with Crippen molar-refractivity contribution in [3.63, 3.8) is 0 Å². The van der Waals surface area contributed by atoms with Crippen LogP contribution in [0.1, 0.15) is 24.2 Å². The predicted octanol–water partition coefficient (Wildman–Crippen LogP) is 2.25. The molecule has 0 spiro atoms. The van der Waals surface area contributed by atoms with Crippen molar-refractivity contribution in [1.82, 2.24) is 0 Å². The van der Waals surface area contributed by atoms with Crippen molar-refractivity contribution in [2.24, 2.45) is 0 Å². The van der Waals surface area contributed by atoms with E-state index in [-0.39, 0.29) is 6.07 Å². The van der Waals surface area contributed by atoms with Crippen LogP contribution in [0.3, 0.4) is 0 Å². The number of anilines is 1. The fourth-order valence-corrected chi connectivity index (χ4v) is 1.08. The first-order valence-corrected chi connectivity index (χ1v) is 4.48. The summed E-state index contributed by atoms with van der Waals surface area (Å²) in [4.78, 5) is 11.3. The molecule has 0 amide bonds. The van der Waals surface area contributed by atoms with Crippen LogP contribution in [-0.2, 0) is 4.74 Å². The minimum absolute atomic E-state index is 0.275. The molecule has 0 unspecified atom stereocenters. The Labute approximate surface area is 90.0 Å². The number of ether oxygens (including phenoxy) is 1. The smallest absolute Gasteiger partial charge is 0.343 e. The van der Waals surface area contributed by atoms with Gasteiger partial charge in [0.05, 0.1) is 11.8 Å². The summed E-state index contributed by atoms with van der Waals surface area (Å²) < 4.78 is 43.7. The van der Waals surface area contributed by atoms with Crippen LogP contribution >= 0.6 is 0 Å². The van der Waals surface area contributed by atoms with Gasteiger partial charge in [-0.15, -0.1) is 0 Å². The number of hydrogen-bond donors (Lipinski definition) is 1. The lowest BCUT2D eigenvalue weighted by Gasteiger charge is -2.11. The molecular weight excluding hydrogens is 223 g/mol. The van der Waals surface area contributed by atoms with Crippen molar-refractivity contribution in [2.45, 2.75) is 20.0 Å². The third-order valence-electron chi connectivity index (χ3n) is 1.76. The lowest BCUT2D eigenvalue weighted by atomic mass is 10.1. The summed E-state index contributed by atoms with van der Waals surface area (Å²) >= 11 is 0. The zero-order valence-corrected chi connectivity index (χ0v) is 8.68. The largest absolute Gasteiger partial charge is 0.459 e. The molecule has 0 aliphatic rings. The average molecular weight is 233 g/mol. The normalized spacial score (nSPS) is 10.6. The number of rotatable bonds is 2. The van der Waals surface area contributed by atoms with E-state index in [1.807, 2.05) is 0 Å². The molecule has 0 aliphatic carbocycles. The van der Waals surface area contributed by atoms with Crippen LogP contribution < -0.4 is 5.73 Å². The molecule has 88 valence electrons. The molecule has 0 heterocycles. The lowest BCUT2D eigenvalue weighted by molar-refractivity contribution is 0.0372. The van der Waals surface area contributed by atoms with Crippen LogP contribution in [-0.4, -0.2) is 12.1 Å². The van der Waals surface area contributed by atoms with Gasteiger partial charge in [-0.2, -0.15) is 0 Å². The first-order chi connectivity index (χ1) is 7.34. The number of hydrogen-bond acceptors (Lipinski definition) is 3. The van der Waals surface area contributed by atoms with E-state index in [9.17, 15) is 18.0 Å². The predicted molar refractivity (Wildman–Crippen MR) is 51.3 cm³/mol. The lowest BCUT2D eigenvalue weighted by Crippen LogP contribution is -2.17. The molecule has 6 heteroatoms. The van der Waals surface area contributed by atoms with Gasteiger partial charge in [-0.05, 0) is 13.8 Å². The Hall–Kier alpha value is -1.72. The second kappa shape index (κ2) is 4.42. The minimum Gasteiger partial charge on any atom is -0.459 e. The van der Waals surface area contributed by atoms with Gasteiger partial charge >= 0.3 is 5.97 Å². The summed E-state index contributed by atoms with van der Waals surface area (Å²) in [7, 11) is 0. The second-order valence-corrected chi connectivity index (χ2v) is 3.40. The molecule has 0 saturated heterocycles.